The number of likely N-dealkylation sites (N-methyl/N-ethyl adjacent to an activating group) is 1. The molecule has 0 saturated carbocycles. The molecule has 0 saturated heterocycles. The zero-order valence-electron chi connectivity index (χ0n) is 10.3. The Balaban J connectivity index is 0.00000324. The second-order valence-electron chi connectivity index (χ2n) is 3.88. The molecule has 0 radical (unpaired) electrons. The minimum atomic E-state index is -1.72. The van der Waals surface area contributed by atoms with E-state index in [-0.39, 0.29) is 19.0 Å². The largest absolute Gasteiger partial charge is 0.503 e. The molecule has 0 spiro atoms. The highest BCUT2D eigenvalue weighted by Crippen LogP contribution is 2.26. The molecule has 0 bridgehead atoms. The summed E-state index contributed by atoms with van der Waals surface area (Å²) in [5, 5.41) is 9.01. The van der Waals surface area contributed by atoms with Crippen molar-refractivity contribution in [2.24, 2.45) is 5.73 Å². The monoisotopic (exact) mass is 298 g/mol. The first-order chi connectivity index (χ1) is 8.31. The SMILES string of the molecule is CC(CN)N(C)C(=O)c1cc(F)c(F)c(O)c1F.Cl. The molecule has 0 fully saturated rings. The Labute approximate surface area is 114 Å². The fourth-order valence-electron chi connectivity index (χ4n) is 1.29. The maximum Gasteiger partial charge on any atom is 0.257 e. The van der Waals surface area contributed by atoms with Gasteiger partial charge in [0.2, 0.25) is 5.82 Å². The third-order valence-corrected chi connectivity index (χ3v) is 2.69. The summed E-state index contributed by atoms with van der Waals surface area (Å²) >= 11 is 0. The summed E-state index contributed by atoms with van der Waals surface area (Å²) in [5.74, 6) is -7.11. The van der Waals surface area contributed by atoms with Crippen LogP contribution in [0.15, 0.2) is 6.07 Å². The molecule has 1 atom stereocenters. The Morgan fingerprint density at radius 1 is 1.42 bits per heavy atom. The number of aromatic hydroxyl groups is 1. The lowest BCUT2D eigenvalue weighted by molar-refractivity contribution is 0.0741. The fraction of sp³-hybridized carbons (Fsp3) is 0.364. The van der Waals surface area contributed by atoms with Crippen LogP contribution >= 0.6 is 12.4 Å². The lowest BCUT2D eigenvalue weighted by atomic mass is 10.1. The molecular formula is C11H14ClF3N2O2. The van der Waals surface area contributed by atoms with Gasteiger partial charge in [0.1, 0.15) is 0 Å². The minimum Gasteiger partial charge on any atom is -0.503 e. The average Bonchev–Trinajstić information content (AvgIpc) is 2.37. The number of benzene rings is 1. The molecule has 8 heteroatoms. The molecule has 3 N–H and O–H groups in total. The normalized spacial score (nSPS) is 11.7. The van der Waals surface area contributed by atoms with Gasteiger partial charge >= 0.3 is 0 Å². The summed E-state index contributed by atoms with van der Waals surface area (Å²) < 4.78 is 39.4. The third kappa shape index (κ3) is 3.30. The molecule has 1 unspecified atom stereocenters. The van der Waals surface area contributed by atoms with Crippen LogP contribution < -0.4 is 5.73 Å². The summed E-state index contributed by atoms with van der Waals surface area (Å²) in [7, 11) is 1.34. The van der Waals surface area contributed by atoms with E-state index in [1.165, 1.54) is 7.05 Å². The van der Waals surface area contributed by atoms with Crippen molar-refractivity contribution in [3.05, 3.63) is 29.1 Å². The van der Waals surface area contributed by atoms with Crippen LogP contribution in [-0.4, -0.2) is 35.5 Å². The number of halogens is 4. The second kappa shape index (κ2) is 6.63. The molecule has 4 nitrogen and oxygen atoms in total. The van der Waals surface area contributed by atoms with Crippen molar-refractivity contribution in [1.82, 2.24) is 4.90 Å². The Hall–Kier alpha value is -1.47. The van der Waals surface area contributed by atoms with Gasteiger partial charge in [0, 0.05) is 19.6 Å². The van der Waals surface area contributed by atoms with Crippen molar-refractivity contribution >= 4 is 18.3 Å². The van der Waals surface area contributed by atoms with Crippen LogP contribution in [0.5, 0.6) is 5.75 Å². The number of phenolic OH excluding ortho intramolecular Hbond substituents is 1. The number of hydrogen-bond donors (Lipinski definition) is 2. The second-order valence-corrected chi connectivity index (χ2v) is 3.88. The molecule has 0 aliphatic heterocycles. The van der Waals surface area contributed by atoms with E-state index in [9.17, 15) is 18.0 Å². The van der Waals surface area contributed by atoms with Crippen molar-refractivity contribution in [2.75, 3.05) is 13.6 Å². The maximum atomic E-state index is 13.5. The van der Waals surface area contributed by atoms with E-state index in [0.717, 1.165) is 4.90 Å². The predicted molar refractivity (Wildman–Crippen MR) is 65.8 cm³/mol. The summed E-state index contributed by atoms with van der Waals surface area (Å²) in [5.41, 5.74) is 4.60. The Bertz CT molecular complexity index is 485. The summed E-state index contributed by atoms with van der Waals surface area (Å²) in [6.07, 6.45) is 0. The number of carbonyl (C=O) groups is 1. The van der Waals surface area contributed by atoms with Crippen LogP contribution in [0.1, 0.15) is 17.3 Å². The number of nitrogens with two attached hydrogens (primary N) is 1. The van der Waals surface area contributed by atoms with Gasteiger partial charge in [0.25, 0.3) is 5.91 Å². The van der Waals surface area contributed by atoms with Gasteiger partial charge in [-0.25, -0.2) is 8.78 Å². The van der Waals surface area contributed by atoms with E-state index in [2.05, 4.69) is 0 Å². The Kier molecular flexibility index (Phi) is 6.11. The van der Waals surface area contributed by atoms with Crippen LogP contribution in [0.25, 0.3) is 0 Å². The summed E-state index contributed by atoms with van der Waals surface area (Å²) in [6, 6.07) is -0.000856. The van der Waals surface area contributed by atoms with E-state index in [0.29, 0.717) is 6.07 Å². The van der Waals surface area contributed by atoms with E-state index in [1.807, 2.05) is 0 Å². The highest BCUT2D eigenvalue weighted by Gasteiger charge is 2.25. The van der Waals surface area contributed by atoms with Crippen LogP contribution in [-0.2, 0) is 0 Å². The zero-order chi connectivity index (χ0) is 14.0. The smallest absolute Gasteiger partial charge is 0.257 e. The van der Waals surface area contributed by atoms with Gasteiger partial charge in [-0.1, -0.05) is 0 Å². The van der Waals surface area contributed by atoms with E-state index in [4.69, 9.17) is 10.8 Å². The van der Waals surface area contributed by atoms with Gasteiger partial charge in [0.15, 0.2) is 17.4 Å². The van der Waals surface area contributed by atoms with Gasteiger partial charge in [-0.3, -0.25) is 4.79 Å². The molecule has 108 valence electrons. The van der Waals surface area contributed by atoms with Crippen LogP contribution in [0.2, 0.25) is 0 Å². The summed E-state index contributed by atoms with van der Waals surface area (Å²) in [4.78, 5) is 12.9. The zero-order valence-corrected chi connectivity index (χ0v) is 11.1. The third-order valence-electron chi connectivity index (χ3n) is 2.69. The first-order valence-electron chi connectivity index (χ1n) is 5.14. The first kappa shape index (κ1) is 17.5. The number of rotatable bonds is 3. The van der Waals surface area contributed by atoms with Crippen LogP contribution in [0.4, 0.5) is 13.2 Å². The molecule has 0 heterocycles. The lowest BCUT2D eigenvalue weighted by Crippen LogP contribution is -2.40. The van der Waals surface area contributed by atoms with E-state index < -0.39 is 40.7 Å². The van der Waals surface area contributed by atoms with Gasteiger partial charge in [-0.15, -0.1) is 12.4 Å². The van der Waals surface area contributed by atoms with Gasteiger partial charge < -0.3 is 15.7 Å². The highest BCUT2D eigenvalue weighted by molar-refractivity contribution is 5.95. The average molecular weight is 299 g/mol. The molecular weight excluding hydrogens is 285 g/mol. The van der Waals surface area contributed by atoms with Gasteiger partial charge in [-0.05, 0) is 13.0 Å². The lowest BCUT2D eigenvalue weighted by Gasteiger charge is -2.24. The number of amides is 1. The quantitative estimate of drug-likeness (QED) is 0.834. The number of phenols is 1. The van der Waals surface area contributed by atoms with Crippen molar-refractivity contribution in [2.45, 2.75) is 13.0 Å². The molecule has 1 amide bonds. The van der Waals surface area contributed by atoms with Gasteiger partial charge in [-0.2, -0.15) is 4.39 Å². The number of nitrogens with zero attached hydrogens (tertiary/aromatic N) is 1. The molecule has 0 aliphatic rings. The van der Waals surface area contributed by atoms with E-state index >= 15 is 0 Å². The van der Waals surface area contributed by atoms with Crippen molar-refractivity contribution in [3.63, 3.8) is 0 Å². The fourth-order valence-corrected chi connectivity index (χ4v) is 1.29. The molecule has 1 rings (SSSR count). The Morgan fingerprint density at radius 2 is 1.95 bits per heavy atom. The van der Waals surface area contributed by atoms with Crippen LogP contribution in [0.3, 0.4) is 0 Å². The molecule has 1 aromatic carbocycles. The van der Waals surface area contributed by atoms with Crippen molar-refractivity contribution in [1.29, 1.82) is 0 Å². The van der Waals surface area contributed by atoms with Crippen molar-refractivity contribution < 1.29 is 23.1 Å². The molecule has 1 aromatic rings. The standard InChI is InChI=1S/C11H13F3N2O2.ClH/c1-5(4-15)16(2)11(18)6-3-7(12)9(14)10(17)8(6)13;/h3,5,17H,4,15H2,1-2H3;1H. The number of carbonyl (C=O) groups excluding carboxylic acids is 1. The topological polar surface area (TPSA) is 66.6 Å². The number of hydrogen-bond acceptors (Lipinski definition) is 3. The van der Waals surface area contributed by atoms with Gasteiger partial charge in [0.05, 0.1) is 5.56 Å². The Morgan fingerprint density at radius 3 is 2.42 bits per heavy atom. The molecule has 0 aliphatic carbocycles. The van der Waals surface area contributed by atoms with E-state index in [1.54, 1.807) is 6.92 Å². The molecule has 19 heavy (non-hydrogen) atoms. The first-order valence-corrected chi connectivity index (χ1v) is 5.14. The predicted octanol–water partition coefficient (Wildman–Crippen LogP) is 1.65. The maximum absolute atomic E-state index is 13.5. The minimum absolute atomic E-state index is 0. The summed E-state index contributed by atoms with van der Waals surface area (Å²) in [6.45, 7) is 1.73. The molecule has 0 aromatic heterocycles. The highest BCUT2D eigenvalue weighted by atomic mass is 35.5. The van der Waals surface area contributed by atoms with Crippen LogP contribution in [0, 0.1) is 17.5 Å². The van der Waals surface area contributed by atoms with Crippen molar-refractivity contribution in [3.8, 4) is 5.75 Å².